The van der Waals surface area contributed by atoms with Crippen molar-refractivity contribution in [2.45, 2.75) is 24.5 Å². The second-order valence-electron chi connectivity index (χ2n) is 4.92. The Balaban J connectivity index is 0.00000156. The molecule has 4 unspecified atom stereocenters. The van der Waals surface area contributed by atoms with E-state index in [1.807, 2.05) is 0 Å². The Morgan fingerprint density at radius 2 is 1.96 bits per heavy atom. The molecule has 0 spiro atoms. The van der Waals surface area contributed by atoms with E-state index in [0.717, 1.165) is 0 Å². The maximum atomic E-state index is 10.7. The summed E-state index contributed by atoms with van der Waals surface area (Å²) in [5.74, 6) is 0.142. The van der Waals surface area contributed by atoms with E-state index in [1.54, 1.807) is 0 Å². The second-order valence-corrected chi connectivity index (χ2v) is 6.15. The van der Waals surface area contributed by atoms with Crippen LogP contribution in [0.25, 0.3) is 11.2 Å². The van der Waals surface area contributed by atoms with Gasteiger partial charge < -0.3 is 35.9 Å². The number of anilines is 1. The maximum Gasteiger partial charge on any atom is 0.469 e. The van der Waals surface area contributed by atoms with Gasteiger partial charge in [0.05, 0.1) is 12.9 Å². The van der Waals surface area contributed by atoms with Gasteiger partial charge in [-0.2, -0.15) is 0 Å². The van der Waals surface area contributed by atoms with E-state index in [-0.39, 0.29) is 46.5 Å². The molecule has 0 aromatic carbocycles. The Morgan fingerprint density at radius 1 is 1.28 bits per heavy atom. The molecule has 1 saturated heterocycles. The molecule has 3 heterocycles. The molecule has 0 saturated carbocycles. The van der Waals surface area contributed by atoms with Gasteiger partial charge >= 0.3 is 7.82 Å². The number of hydrogen-bond donors (Lipinski definition) is 5. The van der Waals surface area contributed by atoms with Gasteiger partial charge in [0.15, 0.2) is 17.7 Å². The van der Waals surface area contributed by atoms with Gasteiger partial charge in [-0.15, -0.1) is 0 Å². The molecule has 1 radical (unpaired) electrons. The third kappa shape index (κ3) is 4.53. The molecule has 0 amide bonds. The number of nitrogen functional groups attached to an aromatic ring is 1. The van der Waals surface area contributed by atoms with E-state index in [0.29, 0.717) is 5.52 Å². The number of ether oxygens (including phenoxy) is 1. The van der Waals surface area contributed by atoms with Crippen LogP contribution in [0, 0.1) is 0 Å². The number of nitrogens with zero attached hydrogens (tertiary/aromatic N) is 4. The van der Waals surface area contributed by atoms with Crippen LogP contribution in [0.2, 0.25) is 0 Å². The van der Waals surface area contributed by atoms with Crippen molar-refractivity contribution in [2.24, 2.45) is 0 Å². The van der Waals surface area contributed by atoms with Crippen molar-refractivity contribution in [1.29, 1.82) is 0 Å². The SMILES string of the molecule is Nc1ncnc2c1ncn2C1OC(COP(=O)(O)O)C(O)C1O.O.[Na]. The molecular formula is C10H16N5NaO8P. The van der Waals surface area contributed by atoms with Gasteiger partial charge in [-0.05, 0) is 0 Å². The molecule has 3 rings (SSSR count). The molecule has 8 N–H and O–H groups in total. The predicted octanol–water partition coefficient (Wildman–Crippen LogP) is -3.07. The minimum absolute atomic E-state index is 0. The average molecular weight is 388 g/mol. The Bertz CT molecular complexity index is 771. The molecule has 15 heteroatoms. The van der Waals surface area contributed by atoms with Gasteiger partial charge in [0, 0.05) is 29.6 Å². The van der Waals surface area contributed by atoms with Crippen LogP contribution in [0.4, 0.5) is 5.82 Å². The van der Waals surface area contributed by atoms with E-state index in [2.05, 4.69) is 19.5 Å². The van der Waals surface area contributed by atoms with Crippen LogP contribution in [-0.2, 0) is 13.8 Å². The van der Waals surface area contributed by atoms with Crippen LogP contribution in [-0.4, -0.2) is 99.5 Å². The molecule has 4 atom stereocenters. The number of aliphatic hydroxyl groups is 2. The van der Waals surface area contributed by atoms with Crippen molar-refractivity contribution >= 4 is 54.4 Å². The number of phosphoric acid groups is 1. The molecule has 1 aliphatic rings. The van der Waals surface area contributed by atoms with Crippen molar-refractivity contribution in [3.63, 3.8) is 0 Å². The number of nitrogens with two attached hydrogens (primary N) is 1. The molecule has 0 bridgehead atoms. The zero-order chi connectivity index (χ0) is 16.8. The largest absolute Gasteiger partial charge is 0.469 e. The molecule has 135 valence electrons. The minimum atomic E-state index is -4.72. The number of rotatable bonds is 4. The molecule has 13 nitrogen and oxygen atoms in total. The summed E-state index contributed by atoms with van der Waals surface area (Å²) in [5, 5.41) is 20.1. The topological polar surface area (TPSA) is 218 Å². The van der Waals surface area contributed by atoms with E-state index in [4.69, 9.17) is 20.3 Å². The molecule has 1 fully saturated rings. The Labute approximate surface area is 162 Å². The summed E-state index contributed by atoms with van der Waals surface area (Å²) in [5.41, 5.74) is 6.25. The molecule has 25 heavy (non-hydrogen) atoms. The monoisotopic (exact) mass is 388 g/mol. The van der Waals surface area contributed by atoms with Gasteiger partial charge in [-0.25, -0.2) is 19.5 Å². The predicted molar refractivity (Wildman–Crippen MR) is 83.0 cm³/mol. The Hall–Kier alpha value is -0.700. The number of aliphatic hydroxyl groups excluding tert-OH is 2. The van der Waals surface area contributed by atoms with Crippen molar-refractivity contribution in [3.8, 4) is 0 Å². The quantitative estimate of drug-likeness (QED) is 0.261. The molecule has 0 aliphatic carbocycles. The first-order chi connectivity index (χ1) is 10.8. The average Bonchev–Trinajstić information content (AvgIpc) is 3.01. The number of imidazole rings is 1. The summed E-state index contributed by atoms with van der Waals surface area (Å²) in [6.45, 7) is -0.594. The van der Waals surface area contributed by atoms with Crippen LogP contribution < -0.4 is 5.73 Å². The third-order valence-electron chi connectivity index (χ3n) is 3.41. The van der Waals surface area contributed by atoms with Gasteiger partial charge in [0.2, 0.25) is 0 Å². The molecule has 2 aromatic rings. The van der Waals surface area contributed by atoms with Crippen LogP contribution in [0.1, 0.15) is 6.23 Å². The molecular weight excluding hydrogens is 372 g/mol. The summed E-state index contributed by atoms with van der Waals surface area (Å²) < 4.78 is 21.8. The first kappa shape index (κ1) is 22.3. The number of fused-ring (bicyclic) bond motifs is 1. The van der Waals surface area contributed by atoms with E-state index >= 15 is 0 Å². The summed E-state index contributed by atoms with van der Waals surface area (Å²) >= 11 is 0. The van der Waals surface area contributed by atoms with E-state index in [9.17, 15) is 14.8 Å². The van der Waals surface area contributed by atoms with Crippen molar-refractivity contribution in [2.75, 3.05) is 12.3 Å². The zero-order valence-electron chi connectivity index (χ0n) is 13.0. The van der Waals surface area contributed by atoms with Gasteiger partial charge in [0.1, 0.15) is 30.2 Å². The van der Waals surface area contributed by atoms with Crippen LogP contribution in [0.5, 0.6) is 0 Å². The fourth-order valence-electron chi connectivity index (χ4n) is 2.32. The summed E-state index contributed by atoms with van der Waals surface area (Å²) in [6.07, 6.45) is -2.49. The first-order valence-corrected chi connectivity index (χ1v) is 7.95. The first-order valence-electron chi connectivity index (χ1n) is 6.42. The fourth-order valence-corrected chi connectivity index (χ4v) is 2.66. The second kappa shape index (κ2) is 8.33. The van der Waals surface area contributed by atoms with Crippen molar-refractivity contribution in [3.05, 3.63) is 12.7 Å². The number of hydrogen-bond acceptors (Lipinski definition) is 9. The number of aromatic nitrogens is 4. The molecule has 2 aromatic heterocycles. The Morgan fingerprint density at radius 3 is 2.60 bits per heavy atom. The summed E-state index contributed by atoms with van der Waals surface area (Å²) in [4.78, 5) is 29.2. The van der Waals surface area contributed by atoms with Gasteiger partial charge in [-0.3, -0.25) is 9.09 Å². The van der Waals surface area contributed by atoms with Crippen LogP contribution >= 0.6 is 7.82 Å². The summed E-state index contributed by atoms with van der Waals surface area (Å²) in [7, 11) is -4.72. The standard InChI is InChI=1S/C10H14N5O7P.Na.H2O/c11-8-5-9(13-2-12-8)15(3-14-5)10-7(17)6(16)4(22-10)1-21-23(18,19)20;;/h2-4,6-7,10,16-17H,1H2,(H2,11,12,13)(H2,18,19,20);;1H2. The van der Waals surface area contributed by atoms with Crippen LogP contribution in [0.15, 0.2) is 12.7 Å². The molecule has 1 aliphatic heterocycles. The Kier molecular flexibility index (Phi) is 7.44. The summed E-state index contributed by atoms with van der Waals surface area (Å²) in [6, 6.07) is 0. The third-order valence-corrected chi connectivity index (χ3v) is 3.89. The van der Waals surface area contributed by atoms with Gasteiger partial charge in [0.25, 0.3) is 0 Å². The van der Waals surface area contributed by atoms with Gasteiger partial charge in [-0.1, -0.05) is 0 Å². The minimum Gasteiger partial charge on any atom is -0.412 e. The van der Waals surface area contributed by atoms with E-state index in [1.165, 1.54) is 17.2 Å². The maximum absolute atomic E-state index is 10.7. The van der Waals surface area contributed by atoms with Crippen molar-refractivity contribution in [1.82, 2.24) is 19.5 Å². The van der Waals surface area contributed by atoms with Crippen molar-refractivity contribution < 1.29 is 39.3 Å². The normalized spacial score (nSPS) is 26.2. The van der Waals surface area contributed by atoms with E-state index < -0.39 is 39.0 Å². The zero-order valence-corrected chi connectivity index (χ0v) is 15.9. The fraction of sp³-hybridized carbons (Fsp3) is 0.500. The number of phosphoric ester groups is 1. The smallest absolute Gasteiger partial charge is 0.412 e. The van der Waals surface area contributed by atoms with Crippen LogP contribution in [0.3, 0.4) is 0 Å².